The number of hydrogen-bond donors (Lipinski definition) is 4. The highest BCUT2D eigenvalue weighted by molar-refractivity contribution is 6.00. The summed E-state index contributed by atoms with van der Waals surface area (Å²) in [4.78, 5) is 23.1. The Labute approximate surface area is 133 Å². The van der Waals surface area contributed by atoms with Crippen LogP contribution >= 0.6 is 0 Å². The largest absolute Gasteiger partial charge is 0.481 e. The van der Waals surface area contributed by atoms with Gasteiger partial charge in [0.25, 0.3) is 0 Å². The van der Waals surface area contributed by atoms with Gasteiger partial charge in [0.2, 0.25) is 0 Å². The molecule has 7 heteroatoms. The molecule has 4 N–H and O–H groups in total. The number of amides is 2. The van der Waals surface area contributed by atoms with Gasteiger partial charge in [-0.1, -0.05) is 6.07 Å². The van der Waals surface area contributed by atoms with Crippen molar-refractivity contribution in [3.8, 4) is 0 Å². The first-order valence-corrected chi connectivity index (χ1v) is 7.77. The number of urea groups is 1. The van der Waals surface area contributed by atoms with Crippen LogP contribution < -0.4 is 10.6 Å². The normalized spacial score (nSPS) is 21.1. The third kappa shape index (κ3) is 3.28. The average Bonchev–Trinajstić information content (AvgIpc) is 3.01. The molecular formula is C16H20N4O3. The van der Waals surface area contributed by atoms with Gasteiger partial charge < -0.3 is 15.7 Å². The van der Waals surface area contributed by atoms with E-state index in [-0.39, 0.29) is 18.0 Å². The molecule has 23 heavy (non-hydrogen) atoms. The van der Waals surface area contributed by atoms with Crippen LogP contribution in [0.4, 0.5) is 10.5 Å². The quantitative estimate of drug-likeness (QED) is 0.698. The summed E-state index contributed by atoms with van der Waals surface area (Å²) >= 11 is 0. The number of carboxylic acid groups (broad SMARTS) is 1. The topological polar surface area (TPSA) is 107 Å². The number of benzene rings is 1. The summed E-state index contributed by atoms with van der Waals surface area (Å²) in [5, 5.41) is 22.7. The number of nitrogens with one attached hydrogen (secondary N) is 3. The summed E-state index contributed by atoms with van der Waals surface area (Å²) in [5.41, 5.74) is 2.57. The first-order chi connectivity index (χ1) is 11.0. The lowest BCUT2D eigenvalue weighted by molar-refractivity contribution is -0.142. The lowest BCUT2D eigenvalue weighted by atomic mass is 9.86. The van der Waals surface area contributed by atoms with Gasteiger partial charge in [0.1, 0.15) is 0 Å². The van der Waals surface area contributed by atoms with E-state index >= 15 is 0 Å². The highest BCUT2D eigenvalue weighted by atomic mass is 16.4. The number of H-pyrrole nitrogens is 1. The summed E-state index contributed by atoms with van der Waals surface area (Å²) < 4.78 is 0. The summed E-state index contributed by atoms with van der Waals surface area (Å²) in [6.07, 6.45) is 4.33. The van der Waals surface area contributed by atoms with Gasteiger partial charge in [-0.3, -0.25) is 9.89 Å². The summed E-state index contributed by atoms with van der Waals surface area (Å²) in [7, 11) is 0. The number of carbonyl (C=O) groups is 2. The van der Waals surface area contributed by atoms with Gasteiger partial charge in [0, 0.05) is 11.4 Å². The Kier molecular flexibility index (Phi) is 4.18. The Morgan fingerprint density at radius 1 is 1.26 bits per heavy atom. The molecule has 0 unspecified atom stereocenters. The molecule has 1 aromatic carbocycles. The molecule has 0 spiro atoms. The van der Waals surface area contributed by atoms with E-state index in [9.17, 15) is 9.59 Å². The Morgan fingerprint density at radius 3 is 2.70 bits per heavy atom. The predicted molar refractivity (Wildman–Crippen MR) is 86.4 cm³/mol. The second kappa shape index (κ2) is 6.28. The molecule has 1 aromatic heterocycles. The third-order valence-corrected chi connectivity index (χ3v) is 4.49. The van der Waals surface area contributed by atoms with Crippen LogP contribution in [-0.4, -0.2) is 33.3 Å². The minimum Gasteiger partial charge on any atom is -0.481 e. The molecule has 0 radical (unpaired) electrons. The Bertz CT molecular complexity index is 732. The van der Waals surface area contributed by atoms with Gasteiger partial charge in [-0.15, -0.1) is 0 Å². The number of rotatable bonds is 3. The maximum absolute atomic E-state index is 12.2. The van der Waals surface area contributed by atoms with Gasteiger partial charge in [-0.2, -0.15) is 5.10 Å². The molecule has 122 valence electrons. The van der Waals surface area contributed by atoms with E-state index in [2.05, 4.69) is 20.8 Å². The van der Waals surface area contributed by atoms with Gasteiger partial charge >= 0.3 is 12.0 Å². The van der Waals surface area contributed by atoms with E-state index in [4.69, 9.17) is 5.11 Å². The molecule has 1 saturated carbocycles. The van der Waals surface area contributed by atoms with Crippen molar-refractivity contribution in [2.75, 3.05) is 5.32 Å². The van der Waals surface area contributed by atoms with Crippen molar-refractivity contribution >= 4 is 28.6 Å². The smallest absolute Gasteiger partial charge is 0.319 e. The van der Waals surface area contributed by atoms with Crippen molar-refractivity contribution in [3.05, 3.63) is 23.9 Å². The molecule has 1 fully saturated rings. The number of carboxylic acids is 1. The molecule has 7 nitrogen and oxygen atoms in total. The van der Waals surface area contributed by atoms with Crippen LogP contribution in [0.15, 0.2) is 18.3 Å². The van der Waals surface area contributed by atoms with E-state index in [0.717, 1.165) is 16.5 Å². The van der Waals surface area contributed by atoms with Gasteiger partial charge in [-0.25, -0.2) is 4.79 Å². The Hall–Kier alpha value is -2.57. The number of anilines is 1. The fourth-order valence-electron chi connectivity index (χ4n) is 3.10. The van der Waals surface area contributed by atoms with Crippen LogP contribution in [0.5, 0.6) is 0 Å². The van der Waals surface area contributed by atoms with Crippen molar-refractivity contribution in [1.29, 1.82) is 0 Å². The zero-order chi connectivity index (χ0) is 16.4. The molecule has 2 aromatic rings. The van der Waals surface area contributed by atoms with Crippen LogP contribution in [0, 0.1) is 12.8 Å². The highest BCUT2D eigenvalue weighted by Gasteiger charge is 2.26. The fourth-order valence-corrected chi connectivity index (χ4v) is 3.10. The molecule has 0 atom stereocenters. The summed E-state index contributed by atoms with van der Waals surface area (Å²) in [5.74, 6) is -1.02. The zero-order valence-electron chi connectivity index (χ0n) is 12.9. The van der Waals surface area contributed by atoms with Crippen LogP contribution in [0.2, 0.25) is 0 Å². The van der Waals surface area contributed by atoms with E-state index < -0.39 is 5.97 Å². The van der Waals surface area contributed by atoms with Crippen LogP contribution in [0.1, 0.15) is 31.2 Å². The van der Waals surface area contributed by atoms with Gasteiger partial charge in [-0.05, 0) is 44.2 Å². The van der Waals surface area contributed by atoms with Gasteiger partial charge in [0.05, 0.1) is 23.3 Å². The van der Waals surface area contributed by atoms with Crippen LogP contribution in [0.25, 0.3) is 10.9 Å². The van der Waals surface area contributed by atoms with Crippen molar-refractivity contribution in [1.82, 2.24) is 15.5 Å². The number of hydrogen-bond acceptors (Lipinski definition) is 3. The standard InChI is InChI=1S/C16H20N4O3/c1-9-2-7-13(14-12(9)8-17-20-14)19-16(23)18-11-5-3-10(4-6-11)15(21)22/h2,7-8,10-11H,3-6H2,1H3,(H,17,20)(H,21,22)(H2,18,19,23). The number of carbonyl (C=O) groups excluding carboxylic acids is 1. The monoisotopic (exact) mass is 316 g/mol. The minimum absolute atomic E-state index is 0.0216. The van der Waals surface area contributed by atoms with Gasteiger partial charge in [0.15, 0.2) is 0 Å². The molecule has 3 rings (SSSR count). The molecular weight excluding hydrogens is 296 g/mol. The van der Waals surface area contributed by atoms with Crippen LogP contribution in [-0.2, 0) is 4.79 Å². The molecule has 1 heterocycles. The molecule has 1 aliphatic rings. The van der Waals surface area contributed by atoms with Crippen molar-refractivity contribution in [2.24, 2.45) is 5.92 Å². The lowest BCUT2D eigenvalue weighted by Crippen LogP contribution is -2.41. The zero-order valence-corrected chi connectivity index (χ0v) is 12.9. The van der Waals surface area contributed by atoms with Crippen molar-refractivity contribution < 1.29 is 14.7 Å². The van der Waals surface area contributed by atoms with E-state index in [0.29, 0.717) is 31.4 Å². The molecule has 0 aliphatic heterocycles. The minimum atomic E-state index is -0.741. The number of nitrogens with zero attached hydrogens (tertiary/aromatic N) is 1. The lowest BCUT2D eigenvalue weighted by Gasteiger charge is -2.26. The number of aliphatic carboxylic acids is 1. The summed E-state index contributed by atoms with van der Waals surface area (Å²) in [6, 6.07) is 3.53. The molecule has 2 amide bonds. The Morgan fingerprint density at radius 2 is 2.00 bits per heavy atom. The number of aryl methyl sites for hydroxylation is 1. The third-order valence-electron chi connectivity index (χ3n) is 4.49. The molecule has 1 aliphatic carbocycles. The first kappa shape index (κ1) is 15.3. The Balaban J connectivity index is 1.60. The predicted octanol–water partition coefficient (Wildman–Crippen LogP) is 2.64. The second-order valence-electron chi connectivity index (χ2n) is 6.07. The number of aromatic nitrogens is 2. The van der Waals surface area contributed by atoms with Crippen LogP contribution in [0.3, 0.4) is 0 Å². The van der Waals surface area contributed by atoms with E-state index in [1.165, 1.54) is 0 Å². The average molecular weight is 316 g/mol. The highest BCUT2D eigenvalue weighted by Crippen LogP contribution is 2.26. The van der Waals surface area contributed by atoms with E-state index in [1.807, 2.05) is 19.1 Å². The number of fused-ring (bicyclic) bond motifs is 1. The van der Waals surface area contributed by atoms with Crippen molar-refractivity contribution in [3.63, 3.8) is 0 Å². The maximum Gasteiger partial charge on any atom is 0.319 e. The molecule has 0 bridgehead atoms. The second-order valence-corrected chi connectivity index (χ2v) is 6.07. The SMILES string of the molecule is Cc1ccc(NC(=O)NC2CCC(C(=O)O)CC2)c2[nH]ncc12. The van der Waals surface area contributed by atoms with Crippen molar-refractivity contribution in [2.45, 2.75) is 38.6 Å². The molecule has 0 saturated heterocycles. The first-order valence-electron chi connectivity index (χ1n) is 7.77. The fraction of sp³-hybridized carbons (Fsp3) is 0.438. The maximum atomic E-state index is 12.2. The van der Waals surface area contributed by atoms with E-state index in [1.54, 1.807) is 6.20 Å². The summed E-state index contributed by atoms with van der Waals surface area (Å²) in [6.45, 7) is 1.99. The number of aromatic amines is 1.